The SMILES string of the molecule is CC.NSCCNC(=O)C(c1nc2ccc(Br)cc2s1)S(=O)Cc1ccc(C(F)(F)F)cc1. The number of nitrogens with two attached hydrogens (primary N) is 1. The average molecular weight is 583 g/mol. The van der Waals surface area contributed by atoms with Gasteiger partial charge in [0.15, 0.2) is 5.25 Å². The summed E-state index contributed by atoms with van der Waals surface area (Å²) in [6.45, 7) is 4.30. The number of halogens is 4. The first kappa shape index (κ1) is 27.8. The molecule has 0 radical (unpaired) electrons. The van der Waals surface area contributed by atoms with E-state index in [0.29, 0.717) is 28.4 Å². The van der Waals surface area contributed by atoms with Crippen LogP contribution in [0, 0.1) is 0 Å². The zero-order valence-electron chi connectivity index (χ0n) is 17.8. The second-order valence-electron chi connectivity index (χ2n) is 6.43. The van der Waals surface area contributed by atoms with Gasteiger partial charge in [0.1, 0.15) is 5.01 Å². The van der Waals surface area contributed by atoms with Gasteiger partial charge in [0.2, 0.25) is 5.91 Å². The maximum Gasteiger partial charge on any atom is 0.416 e. The minimum Gasteiger partial charge on any atom is -0.354 e. The molecule has 1 aromatic heterocycles. The summed E-state index contributed by atoms with van der Waals surface area (Å²) in [5.41, 5.74) is 0.322. The molecule has 1 amide bonds. The van der Waals surface area contributed by atoms with Gasteiger partial charge in [0.25, 0.3) is 0 Å². The highest BCUT2D eigenvalue weighted by atomic mass is 79.9. The predicted octanol–water partition coefficient (Wildman–Crippen LogP) is 5.82. The molecule has 0 aliphatic heterocycles. The van der Waals surface area contributed by atoms with Crippen LogP contribution in [0.15, 0.2) is 46.9 Å². The number of benzene rings is 2. The zero-order chi connectivity index (χ0) is 24.6. The highest BCUT2D eigenvalue weighted by Crippen LogP contribution is 2.33. The summed E-state index contributed by atoms with van der Waals surface area (Å²) >= 11 is 5.72. The lowest BCUT2D eigenvalue weighted by molar-refractivity contribution is -0.137. The van der Waals surface area contributed by atoms with Gasteiger partial charge in [-0.1, -0.05) is 53.9 Å². The molecule has 0 bridgehead atoms. The summed E-state index contributed by atoms with van der Waals surface area (Å²) in [6.07, 6.45) is -4.45. The maximum atomic E-state index is 13.2. The minimum absolute atomic E-state index is 0.0819. The standard InChI is InChI=1S/C19H17BrF3N3O2S3.C2H6/c20-13-5-6-14-15(9-13)30-18(26-14)16(17(27)25-7-8-29-24)31(28)10-11-1-3-12(4-2-11)19(21,22)23;1-2/h1-6,9,16H,7-8,10,24H2,(H,25,27);1-2H3. The van der Waals surface area contributed by atoms with Crippen LogP contribution in [-0.2, 0) is 27.5 Å². The molecule has 3 aromatic rings. The minimum atomic E-state index is -4.45. The van der Waals surface area contributed by atoms with Crippen LogP contribution in [0.5, 0.6) is 0 Å². The summed E-state index contributed by atoms with van der Waals surface area (Å²) in [5.74, 6) is -0.0597. The van der Waals surface area contributed by atoms with E-state index in [2.05, 4.69) is 26.2 Å². The molecule has 0 fully saturated rings. The van der Waals surface area contributed by atoms with Gasteiger partial charge in [-0.2, -0.15) is 13.2 Å². The normalized spacial score (nSPS) is 13.2. The van der Waals surface area contributed by atoms with Gasteiger partial charge in [0, 0.05) is 33.3 Å². The molecule has 0 saturated carbocycles. The number of nitrogens with one attached hydrogen (secondary N) is 1. The topological polar surface area (TPSA) is 85.1 Å². The van der Waals surface area contributed by atoms with Crippen LogP contribution in [-0.4, -0.2) is 27.4 Å². The van der Waals surface area contributed by atoms with Crippen LogP contribution in [0.3, 0.4) is 0 Å². The Balaban J connectivity index is 0.00000187. The number of fused-ring (bicyclic) bond motifs is 1. The number of alkyl halides is 3. The molecule has 2 atom stereocenters. The van der Waals surface area contributed by atoms with Gasteiger partial charge in [-0.15, -0.1) is 11.3 Å². The largest absolute Gasteiger partial charge is 0.416 e. The molecule has 1 heterocycles. The van der Waals surface area contributed by atoms with Crippen molar-refractivity contribution in [3.63, 3.8) is 0 Å². The van der Waals surface area contributed by atoms with E-state index in [1.54, 1.807) is 6.07 Å². The monoisotopic (exact) mass is 581 g/mol. The number of carbonyl (C=O) groups excluding carboxylic acids is 1. The fraction of sp³-hybridized carbons (Fsp3) is 0.333. The zero-order valence-corrected chi connectivity index (χ0v) is 21.9. The number of carbonyl (C=O) groups is 1. The number of hydrogen-bond acceptors (Lipinski definition) is 6. The van der Waals surface area contributed by atoms with E-state index in [-0.39, 0.29) is 5.75 Å². The van der Waals surface area contributed by atoms with Gasteiger partial charge in [-0.25, -0.2) is 4.98 Å². The van der Waals surface area contributed by atoms with E-state index in [1.807, 2.05) is 26.0 Å². The second-order valence-corrected chi connectivity index (χ2v) is 10.7. The summed E-state index contributed by atoms with van der Waals surface area (Å²) in [7, 11) is -1.75. The lowest BCUT2D eigenvalue weighted by atomic mass is 10.1. The van der Waals surface area contributed by atoms with Crippen molar-refractivity contribution in [3.05, 3.63) is 63.1 Å². The van der Waals surface area contributed by atoms with Crippen molar-refractivity contribution in [1.82, 2.24) is 10.3 Å². The van der Waals surface area contributed by atoms with Crippen LogP contribution in [0.1, 0.15) is 35.2 Å². The average Bonchev–Trinajstić information content (AvgIpc) is 3.17. The van der Waals surface area contributed by atoms with Crippen LogP contribution in [0.2, 0.25) is 0 Å². The molecule has 0 spiro atoms. The second kappa shape index (κ2) is 12.8. The van der Waals surface area contributed by atoms with E-state index in [4.69, 9.17) is 5.14 Å². The van der Waals surface area contributed by atoms with Gasteiger partial charge in [-0.05, 0) is 35.9 Å². The first-order valence-electron chi connectivity index (χ1n) is 9.87. The summed E-state index contributed by atoms with van der Waals surface area (Å²) in [5, 5.41) is 7.42. The van der Waals surface area contributed by atoms with Crippen LogP contribution in [0.4, 0.5) is 13.2 Å². The number of aromatic nitrogens is 1. The maximum absolute atomic E-state index is 13.2. The fourth-order valence-electron chi connectivity index (χ4n) is 2.74. The third-order valence-electron chi connectivity index (χ3n) is 4.20. The van der Waals surface area contributed by atoms with Crippen molar-refractivity contribution in [2.75, 3.05) is 12.3 Å². The molecule has 180 valence electrons. The van der Waals surface area contributed by atoms with Crippen LogP contribution >= 0.6 is 39.2 Å². The van der Waals surface area contributed by atoms with Gasteiger partial charge in [-0.3, -0.25) is 14.1 Å². The Morgan fingerprint density at radius 1 is 1.24 bits per heavy atom. The highest BCUT2D eigenvalue weighted by molar-refractivity contribution is 9.10. The molecular formula is C21H23BrF3N3O2S3. The molecule has 3 N–H and O–H groups in total. The van der Waals surface area contributed by atoms with Gasteiger partial charge < -0.3 is 5.32 Å². The Hall–Kier alpha value is -1.47. The van der Waals surface area contributed by atoms with Crippen molar-refractivity contribution < 1.29 is 22.2 Å². The Bertz CT molecular complexity index is 1090. The molecule has 2 unspecified atom stereocenters. The molecule has 5 nitrogen and oxygen atoms in total. The van der Waals surface area contributed by atoms with E-state index in [9.17, 15) is 22.2 Å². The lowest BCUT2D eigenvalue weighted by Crippen LogP contribution is -2.33. The fourth-order valence-corrected chi connectivity index (χ4v) is 6.21. The van der Waals surface area contributed by atoms with E-state index in [0.717, 1.165) is 33.3 Å². The van der Waals surface area contributed by atoms with Gasteiger partial charge >= 0.3 is 6.18 Å². The van der Waals surface area contributed by atoms with Crippen molar-refractivity contribution in [3.8, 4) is 0 Å². The molecule has 0 aliphatic rings. The molecule has 2 aromatic carbocycles. The third-order valence-corrected chi connectivity index (χ3v) is 7.95. The Kier molecular flexibility index (Phi) is 10.8. The van der Waals surface area contributed by atoms with E-state index >= 15 is 0 Å². The van der Waals surface area contributed by atoms with E-state index < -0.39 is 33.7 Å². The third kappa shape index (κ3) is 7.78. The number of rotatable bonds is 8. The Morgan fingerprint density at radius 2 is 1.91 bits per heavy atom. The summed E-state index contributed by atoms with van der Waals surface area (Å²) in [4.78, 5) is 17.3. The molecule has 0 aliphatic carbocycles. The number of nitrogens with zero attached hydrogens (tertiary/aromatic N) is 1. The molecule has 33 heavy (non-hydrogen) atoms. The summed E-state index contributed by atoms with van der Waals surface area (Å²) < 4.78 is 53.2. The van der Waals surface area contributed by atoms with Crippen molar-refractivity contribution in [1.29, 1.82) is 0 Å². The number of amides is 1. The first-order valence-corrected chi connectivity index (χ1v) is 13.9. The van der Waals surface area contributed by atoms with Crippen LogP contribution < -0.4 is 10.5 Å². The molecule has 0 saturated heterocycles. The van der Waals surface area contributed by atoms with Gasteiger partial charge in [0.05, 0.1) is 15.8 Å². The van der Waals surface area contributed by atoms with E-state index in [1.165, 1.54) is 23.5 Å². The lowest BCUT2D eigenvalue weighted by Gasteiger charge is -2.15. The smallest absolute Gasteiger partial charge is 0.354 e. The predicted molar refractivity (Wildman–Crippen MR) is 134 cm³/mol. The highest BCUT2D eigenvalue weighted by Gasteiger charge is 2.32. The van der Waals surface area contributed by atoms with Crippen molar-refractivity contribution in [2.45, 2.75) is 31.0 Å². The Morgan fingerprint density at radius 3 is 2.52 bits per heavy atom. The first-order chi connectivity index (χ1) is 15.7. The van der Waals surface area contributed by atoms with Crippen LogP contribution in [0.25, 0.3) is 10.2 Å². The molecule has 3 rings (SSSR count). The number of hydrogen-bond donors (Lipinski definition) is 2. The Labute approximate surface area is 209 Å². The van der Waals surface area contributed by atoms with Crippen molar-refractivity contribution in [2.24, 2.45) is 5.14 Å². The number of thiazole rings is 1. The molecule has 12 heteroatoms. The quantitative estimate of drug-likeness (QED) is 0.259. The summed E-state index contributed by atoms with van der Waals surface area (Å²) in [6, 6.07) is 9.89. The van der Waals surface area contributed by atoms with Crippen molar-refractivity contribution >= 4 is 66.1 Å². The molecular weight excluding hydrogens is 559 g/mol.